The molecule has 2 fully saturated rings. The van der Waals surface area contributed by atoms with Crippen LogP contribution in [-0.4, -0.2) is 68.9 Å². The molecule has 0 bridgehead atoms. The van der Waals surface area contributed by atoms with Crippen LogP contribution in [0.15, 0.2) is 123 Å². The Bertz CT molecular complexity index is 3080. The Morgan fingerprint density at radius 3 is 2.48 bits per heavy atom. The van der Waals surface area contributed by atoms with Crippen LogP contribution < -0.4 is 20.4 Å². The number of nitrogens with zero attached hydrogens (tertiary/aromatic N) is 8. The highest BCUT2D eigenvalue weighted by Gasteiger charge is 2.27. The molecule has 2 N–H and O–H groups in total. The first-order valence-corrected chi connectivity index (χ1v) is 27.8. The molecule has 7 aromatic rings. The van der Waals surface area contributed by atoms with Gasteiger partial charge in [-0.25, -0.2) is 9.97 Å². The van der Waals surface area contributed by atoms with Gasteiger partial charge in [0.1, 0.15) is 5.82 Å². The number of unbranched alkanes of at least 4 members (excludes halogenated alkanes) is 1. The van der Waals surface area contributed by atoms with Crippen molar-refractivity contribution in [3.8, 4) is 11.1 Å². The van der Waals surface area contributed by atoms with Crippen LogP contribution in [0.3, 0.4) is 0 Å². The second-order valence-electron chi connectivity index (χ2n) is 20.8. The number of aryl methyl sites for hydroxylation is 1. The minimum atomic E-state index is 0.158. The first-order valence-electron chi connectivity index (χ1n) is 26.9. The predicted molar refractivity (Wildman–Crippen MR) is 308 cm³/mol. The summed E-state index contributed by atoms with van der Waals surface area (Å²) in [7, 11) is 2.07. The first kappa shape index (κ1) is 50.0. The van der Waals surface area contributed by atoms with Crippen LogP contribution >= 0.6 is 11.3 Å². The number of nitrogens with one attached hydrogen (secondary N) is 2. The van der Waals surface area contributed by atoms with Gasteiger partial charge in [0, 0.05) is 86.3 Å². The molecule has 73 heavy (non-hydrogen) atoms. The number of aromatic nitrogens is 5. The van der Waals surface area contributed by atoms with Crippen molar-refractivity contribution in [2.24, 2.45) is 18.9 Å². The molecule has 4 aromatic heterocycles. The van der Waals surface area contributed by atoms with Gasteiger partial charge in [-0.2, -0.15) is 5.10 Å². The number of fused-ring (bicyclic) bond motifs is 3. The molecule has 10 rings (SSSR count). The average molecular weight is 991 g/mol. The third-order valence-corrected chi connectivity index (χ3v) is 17.1. The van der Waals surface area contributed by atoms with Crippen molar-refractivity contribution in [1.29, 1.82) is 0 Å². The number of pyridine rings is 2. The summed E-state index contributed by atoms with van der Waals surface area (Å²) in [6, 6.07) is 28.6. The fourth-order valence-electron chi connectivity index (χ4n) is 12.0. The Morgan fingerprint density at radius 2 is 1.68 bits per heavy atom. The highest BCUT2D eigenvalue weighted by atomic mass is 32.1. The normalized spacial score (nSPS) is 17.6. The van der Waals surface area contributed by atoms with E-state index in [2.05, 4.69) is 133 Å². The number of para-hydroxylation sites is 1. The Morgan fingerprint density at radius 1 is 0.863 bits per heavy atom. The van der Waals surface area contributed by atoms with Gasteiger partial charge in [0.05, 0.1) is 38.5 Å². The second-order valence-corrected chi connectivity index (χ2v) is 21.8. The number of hydrogen-bond donors (Lipinski definition) is 2. The number of benzene rings is 3. The minimum absolute atomic E-state index is 0.158. The lowest BCUT2D eigenvalue weighted by Gasteiger charge is -2.36. The van der Waals surface area contributed by atoms with Gasteiger partial charge in [0.15, 0.2) is 5.13 Å². The van der Waals surface area contributed by atoms with Crippen molar-refractivity contribution in [3.05, 3.63) is 163 Å². The van der Waals surface area contributed by atoms with Gasteiger partial charge in [-0.1, -0.05) is 107 Å². The Balaban J connectivity index is 0.683. The lowest BCUT2D eigenvalue weighted by atomic mass is 9.77. The molecular formula is C62H74N10S. The van der Waals surface area contributed by atoms with Crippen molar-refractivity contribution in [2.75, 3.05) is 54.4 Å². The summed E-state index contributed by atoms with van der Waals surface area (Å²) in [5.74, 6) is 2.73. The largest absolute Gasteiger partial charge is 0.369 e. The van der Waals surface area contributed by atoms with Gasteiger partial charge in [-0.3, -0.25) is 14.6 Å². The fraction of sp³-hybridized carbons (Fsp3) is 0.387. The number of allylic oxidation sites excluding steroid dienone is 1. The van der Waals surface area contributed by atoms with Crippen LogP contribution in [-0.2, 0) is 26.4 Å². The Hall–Kier alpha value is -6.56. The zero-order valence-corrected chi connectivity index (χ0v) is 44.3. The molecule has 3 aromatic carbocycles. The summed E-state index contributed by atoms with van der Waals surface area (Å²) >= 11 is 1.63. The van der Waals surface area contributed by atoms with E-state index in [0.29, 0.717) is 6.54 Å². The lowest BCUT2D eigenvalue weighted by molar-refractivity contribution is 0.234. The molecule has 1 saturated carbocycles. The van der Waals surface area contributed by atoms with Crippen molar-refractivity contribution in [2.45, 2.75) is 96.9 Å². The van der Waals surface area contributed by atoms with Crippen LogP contribution in [0, 0.1) is 18.8 Å². The molecule has 0 radical (unpaired) electrons. The van der Waals surface area contributed by atoms with Gasteiger partial charge in [-0.15, -0.1) is 0 Å². The van der Waals surface area contributed by atoms with E-state index in [-0.39, 0.29) is 5.92 Å². The second kappa shape index (κ2) is 22.7. The third kappa shape index (κ3) is 11.0. The third-order valence-electron chi connectivity index (χ3n) is 16.2. The van der Waals surface area contributed by atoms with E-state index >= 15 is 0 Å². The van der Waals surface area contributed by atoms with E-state index in [9.17, 15) is 0 Å². The van der Waals surface area contributed by atoms with Crippen molar-refractivity contribution in [1.82, 2.24) is 34.9 Å². The molecule has 0 spiro atoms. The number of piperazine rings is 1. The van der Waals surface area contributed by atoms with Crippen molar-refractivity contribution >= 4 is 60.9 Å². The molecular weight excluding hydrogens is 917 g/mol. The molecule has 378 valence electrons. The maximum Gasteiger partial charge on any atom is 0.188 e. The van der Waals surface area contributed by atoms with Gasteiger partial charge >= 0.3 is 0 Å². The SMILES string of the molecule is C=CNC(=C)C(CCC)c1nn(C)c2cc(N3CCN(CCCCC4CCC(Cc5cccc(-c6ccc(N7CCc8ccnc(C(=C)Nc9nc%10ccccc%10s9)c8C7)nc6C=C)c5C)CC4)CC3)ccc12. The zero-order chi connectivity index (χ0) is 50.4. The maximum atomic E-state index is 5.25. The number of rotatable bonds is 20. The summed E-state index contributed by atoms with van der Waals surface area (Å²) in [5.41, 5.74) is 15.8. The van der Waals surface area contributed by atoms with Gasteiger partial charge in [0.2, 0.25) is 0 Å². The molecule has 1 unspecified atom stereocenters. The highest BCUT2D eigenvalue weighted by Crippen LogP contribution is 2.39. The van der Waals surface area contributed by atoms with E-state index in [1.165, 1.54) is 95.9 Å². The molecule has 0 amide bonds. The van der Waals surface area contributed by atoms with Gasteiger partial charge < -0.3 is 20.4 Å². The number of thiazole rings is 1. The molecule has 1 aliphatic carbocycles. The summed E-state index contributed by atoms with van der Waals surface area (Å²) in [5, 5.41) is 13.7. The van der Waals surface area contributed by atoms with Gasteiger partial charge in [-0.05, 0) is 147 Å². The lowest BCUT2D eigenvalue weighted by Crippen LogP contribution is -2.46. The maximum absolute atomic E-state index is 5.25. The Kier molecular flexibility index (Phi) is 15.5. The van der Waals surface area contributed by atoms with Crippen LogP contribution in [0.5, 0.6) is 0 Å². The monoisotopic (exact) mass is 991 g/mol. The van der Waals surface area contributed by atoms with Crippen LogP contribution in [0.1, 0.15) is 110 Å². The van der Waals surface area contributed by atoms with Crippen LogP contribution in [0.2, 0.25) is 0 Å². The van der Waals surface area contributed by atoms with Crippen LogP contribution in [0.4, 0.5) is 16.6 Å². The predicted octanol–water partition coefficient (Wildman–Crippen LogP) is 13.7. The Labute approximate surface area is 437 Å². The smallest absolute Gasteiger partial charge is 0.188 e. The molecule has 2 aliphatic heterocycles. The van der Waals surface area contributed by atoms with E-state index in [4.69, 9.17) is 20.1 Å². The summed E-state index contributed by atoms with van der Waals surface area (Å²) in [4.78, 5) is 22.5. The van der Waals surface area contributed by atoms with E-state index in [1.54, 1.807) is 17.5 Å². The van der Waals surface area contributed by atoms with Crippen LogP contribution in [0.25, 0.3) is 44.0 Å². The molecule has 6 heterocycles. The minimum Gasteiger partial charge on any atom is -0.369 e. The van der Waals surface area contributed by atoms with E-state index < -0.39 is 0 Å². The fourth-order valence-corrected chi connectivity index (χ4v) is 12.9. The van der Waals surface area contributed by atoms with E-state index in [0.717, 1.165) is 125 Å². The number of hydrogen-bond acceptors (Lipinski definition) is 10. The first-order chi connectivity index (χ1) is 35.7. The zero-order valence-electron chi connectivity index (χ0n) is 43.5. The molecule has 1 saturated heterocycles. The molecule has 1 atom stereocenters. The summed E-state index contributed by atoms with van der Waals surface area (Å²) in [6.45, 7) is 28.5. The number of anilines is 3. The van der Waals surface area contributed by atoms with Crippen molar-refractivity contribution in [3.63, 3.8) is 0 Å². The standard InChI is InChI=1S/C62H74N10S/c1-8-16-51(43(5)63-10-3)61-53-27-26-49(40-57(53)69(7)68-61)71-37-35-70(36-38-71)33-14-13-17-45-22-24-46(25-23-45)39-48-18-15-19-50(42(48)4)52-28-29-59(66-55(52)9-2)72-34-31-47-30-32-64-60(54(47)41-72)44(6)65-62-67-56-20-11-12-21-58(56)73-62/h9-12,15,18-21,26-30,32,40,45-46,51,63H,2-3,5-6,8,13-14,16-17,22-25,31,33-39,41H2,1,4,7H3,(H,65,67). The topological polar surface area (TPSA) is 90.3 Å². The summed E-state index contributed by atoms with van der Waals surface area (Å²) in [6.07, 6.45) is 19.1. The van der Waals surface area contributed by atoms with Gasteiger partial charge in [0.25, 0.3) is 0 Å². The summed E-state index contributed by atoms with van der Waals surface area (Å²) < 4.78 is 3.19. The molecule has 3 aliphatic rings. The highest BCUT2D eigenvalue weighted by molar-refractivity contribution is 7.22. The average Bonchev–Trinajstić information content (AvgIpc) is 3.99. The van der Waals surface area contributed by atoms with Crippen molar-refractivity contribution < 1.29 is 0 Å². The quantitative estimate of drug-likeness (QED) is 0.0725. The molecule has 10 nitrogen and oxygen atoms in total. The molecule has 11 heteroatoms. The van der Waals surface area contributed by atoms with E-state index in [1.807, 2.05) is 35.2 Å².